The molecule has 1 heterocycles. The first-order valence-corrected chi connectivity index (χ1v) is 2.70. The highest BCUT2D eigenvalue weighted by atomic mass is 16.4. The molecular weight excluding hydrogens is 106 g/mol. The van der Waals surface area contributed by atoms with E-state index in [-0.39, 0.29) is 0 Å². The van der Waals surface area contributed by atoms with E-state index >= 15 is 0 Å². The summed E-state index contributed by atoms with van der Waals surface area (Å²) in [5.41, 5.74) is 0. The summed E-state index contributed by atoms with van der Waals surface area (Å²) in [5, 5.41) is 12.2. The van der Waals surface area contributed by atoms with Crippen LogP contribution in [-0.2, 0) is 4.79 Å². The summed E-state index contributed by atoms with van der Waals surface area (Å²) in [6.45, 7) is 0.733. The number of hydrogen-bond donors (Lipinski definition) is 1. The van der Waals surface area contributed by atoms with E-state index in [4.69, 9.17) is 5.11 Å². The van der Waals surface area contributed by atoms with E-state index in [1.165, 1.54) is 0 Å². The lowest BCUT2D eigenvalue weighted by molar-refractivity contribution is -0.139. The van der Waals surface area contributed by atoms with Crippen LogP contribution in [0.3, 0.4) is 0 Å². The highest BCUT2D eigenvalue weighted by Gasteiger charge is 2.21. The molecule has 1 aliphatic heterocycles. The zero-order valence-corrected chi connectivity index (χ0v) is 4.50. The Morgan fingerprint density at radius 3 is 2.75 bits per heavy atom. The molecule has 0 aromatic heterocycles. The molecule has 1 saturated heterocycles. The SMILES string of the molecule is O=C(O)[C@H]1CCC[N]1. The van der Waals surface area contributed by atoms with Gasteiger partial charge >= 0.3 is 5.97 Å². The van der Waals surface area contributed by atoms with Crippen LogP contribution in [0.15, 0.2) is 0 Å². The van der Waals surface area contributed by atoms with Crippen molar-refractivity contribution in [3.8, 4) is 0 Å². The number of rotatable bonds is 1. The molecule has 1 fully saturated rings. The predicted octanol–water partition coefficient (Wildman–Crippen LogP) is -0.162. The molecule has 3 nitrogen and oxygen atoms in total. The van der Waals surface area contributed by atoms with Crippen molar-refractivity contribution >= 4 is 5.97 Å². The monoisotopic (exact) mass is 114 g/mol. The maximum absolute atomic E-state index is 10.1. The third-order valence-corrected chi connectivity index (χ3v) is 1.27. The van der Waals surface area contributed by atoms with Crippen molar-refractivity contribution in [1.82, 2.24) is 5.32 Å². The fourth-order valence-electron chi connectivity index (χ4n) is 0.825. The number of nitrogens with zero attached hydrogens (tertiary/aromatic N) is 1. The summed E-state index contributed by atoms with van der Waals surface area (Å²) in [7, 11) is 0. The minimum absolute atomic E-state index is 0.394. The fourth-order valence-corrected chi connectivity index (χ4v) is 0.825. The number of carbonyl (C=O) groups is 1. The zero-order chi connectivity index (χ0) is 5.98. The van der Waals surface area contributed by atoms with Crippen molar-refractivity contribution in [1.29, 1.82) is 0 Å². The molecule has 1 aliphatic rings. The third kappa shape index (κ3) is 0.980. The lowest BCUT2D eigenvalue weighted by Gasteiger charge is -1.97. The summed E-state index contributed by atoms with van der Waals surface area (Å²) in [4.78, 5) is 10.1. The maximum Gasteiger partial charge on any atom is 0.322 e. The first-order valence-electron chi connectivity index (χ1n) is 2.70. The van der Waals surface area contributed by atoms with Crippen LogP contribution in [0.2, 0.25) is 0 Å². The van der Waals surface area contributed by atoms with Gasteiger partial charge in [-0.25, -0.2) is 5.32 Å². The molecule has 0 bridgehead atoms. The van der Waals surface area contributed by atoms with Gasteiger partial charge in [-0.15, -0.1) is 0 Å². The highest BCUT2D eigenvalue weighted by molar-refractivity contribution is 5.73. The topological polar surface area (TPSA) is 51.4 Å². The lowest BCUT2D eigenvalue weighted by Crippen LogP contribution is -2.24. The molecule has 0 amide bonds. The molecule has 0 aromatic carbocycles. The van der Waals surface area contributed by atoms with Crippen LogP contribution in [0, 0.1) is 0 Å². The van der Waals surface area contributed by atoms with Crippen LogP contribution in [0.25, 0.3) is 0 Å². The number of hydrogen-bond acceptors (Lipinski definition) is 1. The van der Waals surface area contributed by atoms with Crippen molar-refractivity contribution in [2.24, 2.45) is 0 Å². The first kappa shape index (κ1) is 5.56. The van der Waals surface area contributed by atoms with Gasteiger partial charge in [0.1, 0.15) is 6.04 Å². The van der Waals surface area contributed by atoms with E-state index in [9.17, 15) is 4.79 Å². The molecule has 1 rings (SSSR count). The molecule has 1 atom stereocenters. The summed E-state index contributed by atoms with van der Waals surface area (Å²) in [5.74, 6) is -0.775. The van der Waals surface area contributed by atoms with Gasteiger partial charge in [-0.2, -0.15) is 0 Å². The third-order valence-electron chi connectivity index (χ3n) is 1.27. The van der Waals surface area contributed by atoms with Gasteiger partial charge in [0, 0.05) is 6.54 Å². The Bertz CT molecular complexity index is 96.6. The summed E-state index contributed by atoms with van der Waals surface area (Å²) in [6.07, 6.45) is 1.67. The van der Waals surface area contributed by atoms with Crippen molar-refractivity contribution < 1.29 is 9.90 Å². The normalized spacial score (nSPS) is 28.2. The minimum Gasteiger partial charge on any atom is -0.480 e. The van der Waals surface area contributed by atoms with Gasteiger partial charge in [0.15, 0.2) is 0 Å². The van der Waals surface area contributed by atoms with E-state index in [1.54, 1.807) is 0 Å². The molecule has 1 radical (unpaired) electrons. The van der Waals surface area contributed by atoms with E-state index in [0.29, 0.717) is 0 Å². The van der Waals surface area contributed by atoms with Crippen LogP contribution >= 0.6 is 0 Å². The molecule has 45 valence electrons. The Balaban J connectivity index is 2.35. The van der Waals surface area contributed by atoms with Gasteiger partial charge in [0.25, 0.3) is 0 Å². The van der Waals surface area contributed by atoms with Gasteiger partial charge in [-0.3, -0.25) is 4.79 Å². The fraction of sp³-hybridized carbons (Fsp3) is 0.800. The summed E-state index contributed by atoms with van der Waals surface area (Å²) in [6, 6.07) is -0.394. The Morgan fingerprint density at radius 1 is 1.75 bits per heavy atom. The van der Waals surface area contributed by atoms with Gasteiger partial charge in [-0.1, -0.05) is 0 Å². The van der Waals surface area contributed by atoms with E-state index in [0.717, 1.165) is 19.4 Å². The second-order valence-corrected chi connectivity index (χ2v) is 1.90. The van der Waals surface area contributed by atoms with E-state index < -0.39 is 12.0 Å². The van der Waals surface area contributed by atoms with E-state index in [1.807, 2.05) is 0 Å². The first-order chi connectivity index (χ1) is 3.80. The zero-order valence-electron chi connectivity index (χ0n) is 4.50. The Kier molecular flexibility index (Phi) is 1.48. The van der Waals surface area contributed by atoms with Gasteiger partial charge in [0.2, 0.25) is 0 Å². The van der Waals surface area contributed by atoms with Gasteiger partial charge in [-0.05, 0) is 12.8 Å². The van der Waals surface area contributed by atoms with Crippen molar-refractivity contribution in [3.63, 3.8) is 0 Å². The van der Waals surface area contributed by atoms with Gasteiger partial charge < -0.3 is 5.11 Å². The molecule has 1 N–H and O–H groups in total. The second kappa shape index (κ2) is 2.13. The van der Waals surface area contributed by atoms with E-state index in [2.05, 4.69) is 5.32 Å². The van der Waals surface area contributed by atoms with Crippen LogP contribution in [0.4, 0.5) is 0 Å². The van der Waals surface area contributed by atoms with Crippen LogP contribution in [0.1, 0.15) is 12.8 Å². The minimum atomic E-state index is -0.775. The standard InChI is InChI=1S/C5H8NO2/c7-5(8)4-2-1-3-6-4/h4H,1-3H2,(H,7,8)/t4-/m1/s1. The summed E-state index contributed by atoms with van der Waals surface area (Å²) >= 11 is 0. The predicted molar refractivity (Wildman–Crippen MR) is 27.7 cm³/mol. The smallest absolute Gasteiger partial charge is 0.322 e. The average Bonchev–Trinajstić information content (AvgIpc) is 2.12. The molecule has 0 unspecified atom stereocenters. The number of aliphatic carboxylic acids is 1. The Hall–Kier alpha value is -0.570. The van der Waals surface area contributed by atoms with Gasteiger partial charge in [0.05, 0.1) is 0 Å². The largest absolute Gasteiger partial charge is 0.480 e. The lowest BCUT2D eigenvalue weighted by atomic mass is 10.2. The average molecular weight is 114 g/mol. The molecule has 0 aromatic rings. The van der Waals surface area contributed by atoms with Crippen molar-refractivity contribution in [2.75, 3.05) is 6.54 Å². The molecule has 8 heavy (non-hydrogen) atoms. The van der Waals surface area contributed by atoms with Crippen LogP contribution < -0.4 is 5.32 Å². The molecule has 0 spiro atoms. The van der Waals surface area contributed by atoms with Crippen LogP contribution in [-0.4, -0.2) is 23.7 Å². The molecule has 3 heteroatoms. The summed E-state index contributed by atoms with van der Waals surface area (Å²) < 4.78 is 0. The Morgan fingerprint density at radius 2 is 2.50 bits per heavy atom. The molecule has 0 aliphatic carbocycles. The number of carboxylic acids is 1. The second-order valence-electron chi connectivity index (χ2n) is 1.90. The van der Waals surface area contributed by atoms with Crippen molar-refractivity contribution in [2.45, 2.75) is 18.9 Å². The number of carboxylic acid groups (broad SMARTS) is 1. The van der Waals surface area contributed by atoms with Crippen LogP contribution in [0.5, 0.6) is 0 Å². The molecule has 0 saturated carbocycles. The molecular formula is C5H8NO2. The Labute approximate surface area is 47.7 Å². The quantitative estimate of drug-likeness (QED) is 0.515. The van der Waals surface area contributed by atoms with Crippen molar-refractivity contribution in [3.05, 3.63) is 0 Å². The maximum atomic E-state index is 10.1. The highest BCUT2D eigenvalue weighted by Crippen LogP contribution is 2.05.